The molecular weight excluding hydrogens is 290 g/mol. The number of phenolic OH excluding ortho intramolecular Hbond substituents is 1. The highest BCUT2D eigenvalue weighted by molar-refractivity contribution is 7.95. The lowest BCUT2D eigenvalue weighted by atomic mass is 10.1. The number of rotatable bonds is 3. The molecule has 3 rings (SSSR count). The molecule has 6 heteroatoms. The fourth-order valence-electron chi connectivity index (χ4n) is 2.17. The number of nitrogen functional groups attached to an aromatic ring is 1. The molecule has 21 heavy (non-hydrogen) atoms. The summed E-state index contributed by atoms with van der Waals surface area (Å²) >= 11 is 0. The monoisotopic (exact) mass is 303 g/mol. The molecule has 2 aromatic carbocycles. The Hall–Kier alpha value is -2.47. The van der Waals surface area contributed by atoms with Gasteiger partial charge in [0.2, 0.25) is 9.84 Å². The van der Waals surface area contributed by atoms with Crippen LogP contribution in [0.3, 0.4) is 0 Å². The zero-order valence-electron chi connectivity index (χ0n) is 11.0. The van der Waals surface area contributed by atoms with Crippen molar-refractivity contribution in [3.8, 4) is 11.5 Å². The third kappa shape index (κ3) is 2.57. The summed E-state index contributed by atoms with van der Waals surface area (Å²) in [6, 6.07) is 11.0. The first-order valence-electron chi connectivity index (χ1n) is 6.23. The Bertz CT molecular complexity index is 823. The molecule has 1 heterocycles. The Labute approximate surface area is 122 Å². The number of fused-ring (bicyclic) bond motifs is 1. The lowest BCUT2D eigenvalue weighted by Gasteiger charge is -2.08. The molecule has 0 saturated heterocycles. The fraction of sp³-hybridized carbons (Fsp3) is 0.0667. The fourth-order valence-corrected chi connectivity index (χ4v) is 3.67. The third-order valence-corrected chi connectivity index (χ3v) is 4.73. The maximum atomic E-state index is 12.1. The Kier molecular flexibility index (Phi) is 3.10. The molecular formula is C15H13NO4S. The highest BCUT2D eigenvalue weighted by atomic mass is 32.2. The van der Waals surface area contributed by atoms with Gasteiger partial charge in [0.15, 0.2) is 0 Å². The van der Waals surface area contributed by atoms with Crippen molar-refractivity contribution in [1.82, 2.24) is 0 Å². The van der Waals surface area contributed by atoms with Gasteiger partial charge in [0, 0.05) is 22.2 Å². The minimum atomic E-state index is -3.45. The van der Waals surface area contributed by atoms with E-state index in [1.165, 1.54) is 23.6 Å². The molecule has 108 valence electrons. The molecule has 0 spiro atoms. The molecule has 0 aromatic heterocycles. The van der Waals surface area contributed by atoms with E-state index < -0.39 is 9.84 Å². The van der Waals surface area contributed by atoms with E-state index in [1.54, 1.807) is 24.3 Å². The smallest absolute Gasteiger partial charge is 0.200 e. The van der Waals surface area contributed by atoms with Crippen LogP contribution in [-0.2, 0) is 9.84 Å². The largest absolute Gasteiger partial charge is 0.508 e. The van der Waals surface area contributed by atoms with Gasteiger partial charge in [-0.2, -0.15) is 0 Å². The van der Waals surface area contributed by atoms with Gasteiger partial charge in [0.1, 0.15) is 18.1 Å². The molecule has 0 fully saturated rings. The Balaban J connectivity index is 1.86. The summed E-state index contributed by atoms with van der Waals surface area (Å²) in [5, 5.41) is 10.4. The third-order valence-electron chi connectivity index (χ3n) is 3.19. The summed E-state index contributed by atoms with van der Waals surface area (Å²) < 4.78 is 29.7. The van der Waals surface area contributed by atoms with Gasteiger partial charge >= 0.3 is 0 Å². The lowest BCUT2D eigenvalue weighted by Crippen LogP contribution is -2.00. The SMILES string of the molecule is Nc1ccc2c(c1)S(=O)(=O)C=C2COc1ccc(O)cc1. The van der Waals surface area contributed by atoms with Crippen LogP contribution in [0, 0.1) is 0 Å². The van der Waals surface area contributed by atoms with Crippen LogP contribution in [0.4, 0.5) is 5.69 Å². The zero-order chi connectivity index (χ0) is 15.0. The maximum absolute atomic E-state index is 12.1. The molecule has 1 aliphatic heterocycles. The second-order valence-electron chi connectivity index (χ2n) is 4.73. The first-order valence-corrected chi connectivity index (χ1v) is 7.78. The van der Waals surface area contributed by atoms with Crippen molar-refractivity contribution in [2.24, 2.45) is 0 Å². The Morgan fingerprint density at radius 2 is 1.81 bits per heavy atom. The molecule has 0 radical (unpaired) electrons. The molecule has 0 atom stereocenters. The Morgan fingerprint density at radius 3 is 2.52 bits per heavy atom. The number of hydrogen-bond acceptors (Lipinski definition) is 5. The van der Waals surface area contributed by atoms with Gasteiger partial charge < -0.3 is 15.6 Å². The summed E-state index contributed by atoms with van der Waals surface area (Å²) in [7, 11) is -3.45. The first-order chi connectivity index (χ1) is 9.95. The number of sulfone groups is 1. The molecule has 0 unspecified atom stereocenters. The van der Waals surface area contributed by atoms with E-state index in [2.05, 4.69) is 0 Å². The molecule has 2 aromatic rings. The minimum Gasteiger partial charge on any atom is -0.508 e. The summed E-state index contributed by atoms with van der Waals surface area (Å²) in [6.45, 7) is 0.126. The van der Waals surface area contributed by atoms with Gasteiger partial charge in [0.25, 0.3) is 0 Å². The van der Waals surface area contributed by atoms with Crippen LogP contribution in [0.25, 0.3) is 5.57 Å². The van der Waals surface area contributed by atoms with Crippen LogP contribution in [0.2, 0.25) is 0 Å². The van der Waals surface area contributed by atoms with Crippen molar-refractivity contribution < 1.29 is 18.3 Å². The summed E-state index contributed by atoms with van der Waals surface area (Å²) in [4.78, 5) is 0.215. The van der Waals surface area contributed by atoms with E-state index >= 15 is 0 Å². The van der Waals surface area contributed by atoms with Gasteiger partial charge in [-0.1, -0.05) is 6.07 Å². The van der Waals surface area contributed by atoms with E-state index in [4.69, 9.17) is 10.5 Å². The topological polar surface area (TPSA) is 89.6 Å². The average Bonchev–Trinajstić information content (AvgIpc) is 2.69. The summed E-state index contributed by atoms with van der Waals surface area (Å²) in [5.41, 5.74) is 7.24. The van der Waals surface area contributed by atoms with Crippen molar-refractivity contribution in [1.29, 1.82) is 0 Å². The number of benzene rings is 2. The summed E-state index contributed by atoms with van der Waals surface area (Å²) in [5.74, 6) is 0.695. The summed E-state index contributed by atoms with van der Waals surface area (Å²) in [6.07, 6.45) is 0. The second kappa shape index (κ2) is 4.82. The number of nitrogens with two attached hydrogens (primary N) is 1. The maximum Gasteiger partial charge on any atom is 0.200 e. The van der Waals surface area contributed by atoms with Crippen LogP contribution < -0.4 is 10.5 Å². The van der Waals surface area contributed by atoms with Crippen molar-refractivity contribution in [2.75, 3.05) is 12.3 Å². The van der Waals surface area contributed by atoms with Crippen LogP contribution in [-0.4, -0.2) is 20.1 Å². The van der Waals surface area contributed by atoms with Crippen LogP contribution in [0.1, 0.15) is 5.56 Å². The number of aromatic hydroxyl groups is 1. The van der Waals surface area contributed by atoms with Gasteiger partial charge in [-0.25, -0.2) is 8.42 Å². The lowest BCUT2D eigenvalue weighted by molar-refractivity contribution is 0.368. The minimum absolute atomic E-state index is 0.126. The van der Waals surface area contributed by atoms with E-state index in [0.717, 1.165) is 0 Å². The van der Waals surface area contributed by atoms with Gasteiger partial charge in [0.05, 0.1) is 4.90 Å². The number of phenols is 1. The molecule has 0 bridgehead atoms. The van der Waals surface area contributed by atoms with Gasteiger partial charge in [-0.05, 0) is 36.4 Å². The molecule has 0 saturated carbocycles. The van der Waals surface area contributed by atoms with Crippen LogP contribution >= 0.6 is 0 Å². The molecule has 0 aliphatic carbocycles. The van der Waals surface area contributed by atoms with Crippen molar-refractivity contribution >= 4 is 21.1 Å². The number of anilines is 1. The highest BCUT2D eigenvalue weighted by Crippen LogP contribution is 2.35. The van der Waals surface area contributed by atoms with Crippen molar-refractivity contribution in [3.05, 3.63) is 53.4 Å². The normalized spacial score (nSPS) is 15.3. The van der Waals surface area contributed by atoms with Crippen molar-refractivity contribution in [2.45, 2.75) is 4.90 Å². The van der Waals surface area contributed by atoms with Crippen molar-refractivity contribution in [3.63, 3.8) is 0 Å². The molecule has 1 aliphatic rings. The second-order valence-corrected chi connectivity index (χ2v) is 6.49. The quantitative estimate of drug-likeness (QED) is 0.848. The van der Waals surface area contributed by atoms with E-state index in [0.29, 0.717) is 22.6 Å². The molecule has 5 nitrogen and oxygen atoms in total. The zero-order valence-corrected chi connectivity index (χ0v) is 11.8. The highest BCUT2D eigenvalue weighted by Gasteiger charge is 2.27. The molecule has 0 amide bonds. The predicted octanol–water partition coefficient (Wildman–Crippen LogP) is 2.18. The van der Waals surface area contributed by atoms with E-state index in [9.17, 15) is 13.5 Å². The first kappa shape index (κ1) is 13.5. The van der Waals surface area contributed by atoms with Gasteiger partial charge in [-0.3, -0.25) is 0 Å². The number of hydrogen-bond donors (Lipinski definition) is 2. The standard InChI is InChI=1S/C15H13NO4S/c16-11-1-6-14-10(9-21(18,19)15(14)7-11)8-20-13-4-2-12(17)3-5-13/h1-7,9,17H,8,16H2. The Morgan fingerprint density at radius 1 is 1.10 bits per heavy atom. The average molecular weight is 303 g/mol. The number of ether oxygens (including phenoxy) is 1. The van der Waals surface area contributed by atoms with E-state index in [-0.39, 0.29) is 17.3 Å². The van der Waals surface area contributed by atoms with Crippen LogP contribution in [0.15, 0.2) is 52.8 Å². The van der Waals surface area contributed by atoms with Gasteiger partial charge in [-0.15, -0.1) is 0 Å². The predicted molar refractivity (Wildman–Crippen MR) is 79.6 cm³/mol. The van der Waals surface area contributed by atoms with E-state index in [1.807, 2.05) is 0 Å². The van der Waals surface area contributed by atoms with Crippen LogP contribution in [0.5, 0.6) is 11.5 Å². The molecule has 3 N–H and O–H groups in total.